The maximum absolute atomic E-state index is 12.1. The third kappa shape index (κ3) is 5.24. The van der Waals surface area contributed by atoms with Crippen LogP contribution in [0, 0.1) is 11.3 Å². The van der Waals surface area contributed by atoms with Crippen LogP contribution in [0.15, 0.2) is 66.9 Å². The Morgan fingerprint density at radius 2 is 1.93 bits per heavy atom. The molecule has 0 saturated heterocycles. The van der Waals surface area contributed by atoms with Gasteiger partial charge in [0.25, 0.3) is 0 Å². The van der Waals surface area contributed by atoms with E-state index in [2.05, 4.69) is 16.0 Å². The van der Waals surface area contributed by atoms with Crippen molar-refractivity contribution in [1.29, 1.82) is 5.26 Å². The highest BCUT2D eigenvalue weighted by atomic mass is 16.5. The van der Waals surface area contributed by atoms with Gasteiger partial charge >= 0.3 is 0 Å². The zero-order valence-electron chi connectivity index (χ0n) is 15.7. The minimum Gasteiger partial charge on any atom is -0.494 e. The summed E-state index contributed by atoms with van der Waals surface area (Å²) in [7, 11) is 0. The maximum Gasteiger partial charge on any atom is 0.244 e. The molecule has 5 nitrogen and oxygen atoms in total. The molecule has 1 aromatic heterocycles. The first kappa shape index (κ1) is 19.2. The van der Waals surface area contributed by atoms with E-state index in [1.807, 2.05) is 66.9 Å². The number of amides is 1. The second kappa shape index (κ2) is 9.98. The van der Waals surface area contributed by atoms with Gasteiger partial charge in [0.1, 0.15) is 5.75 Å². The molecule has 0 radical (unpaired) electrons. The minimum absolute atomic E-state index is 0.131. The van der Waals surface area contributed by atoms with Crippen molar-refractivity contribution in [2.45, 2.75) is 19.4 Å². The fraction of sp³-hybridized carbons (Fsp3) is 0.217. The SMILES string of the molecule is N#CCCn1cc(/C=C/C(=O)NCCCOc2ccccc2)c2ccccc21. The number of nitriles is 1. The Morgan fingerprint density at radius 3 is 2.75 bits per heavy atom. The second-order valence-corrected chi connectivity index (χ2v) is 6.34. The van der Waals surface area contributed by atoms with Crippen LogP contribution in [0.3, 0.4) is 0 Å². The van der Waals surface area contributed by atoms with E-state index in [9.17, 15) is 4.79 Å². The van der Waals surface area contributed by atoms with Gasteiger partial charge in [0.2, 0.25) is 5.91 Å². The highest BCUT2D eigenvalue weighted by molar-refractivity contribution is 5.96. The number of rotatable bonds is 9. The number of fused-ring (bicyclic) bond motifs is 1. The van der Waals surface area contributed by atoms with Crippen LogP contribution in [0.25, 0.3) is 17.0 Å². The molecular weight excluding hydrogens is 350 g/mol. The van der Waals surface area contributed by atoms with Gasteiger partial charge < -0.3 is 14.6 Å². The van der Waals surface area contributed by atoms with Crippen LogP contribution in [0.5, 0.6) is 5.75 Å². The molecule has 0 aliphatic carbocycles. The molecule has 3 rings (SSSR count). The number of hydrogen-bond acceptors (Lipinski definition) is 3. The van der Waals surface area contributed by atoms with Gasteiger partial charge in [-0.1, -0.05) is 36.4 Å². The summed E-state index contributed by atoms with van der Waals surface area (Å²) in [5.74, 6) is 0.704. The molecule has 28 heavy (non-hydrogen) atoms. The van der Waals surface area contributed by atoms with Crippen molar-refractivity contribution < 1.29 is 9.53 Å². The van der Waals surface area contributed by atoms with Gasteiger partial charge in [-0.3, -0.25) is 4.79 Å². The third-order valence-electron chi connectivity index (χ3n) is 4.33. The molecule has 0 spiro atoms. The van der Waals surface area contributed by atoms with Gasteiger partial charge in [-0.15, -0.1) is 0 Å². The molecule has 1 N–H and O–H groups in total. The zero-order valence-corrected chi connectivity index (χ0v) is 15.7. The average Bonchev–Trinajstić information content (AvgIpc) is 3.09. The molecule has 0 fully saturated rings. The Balaban J connectivity index is 1.50. The summed E-state index contributed by atoms with van der Waals surface area (Å²) in [6, 6.07) is 19.8. The number of aryl methyl sites for hydroxylation is 1. The summed E-state index contributed by atoms with van der Waals surface area (Å²) in [6.45, 7) is 1.75. The van der Waals surface area contributed by atoms with E-state index >= 15 is 0 Å². The lowest BCUT2D eigenvalue weighted by molar-refractivity contribution is -0.116. The van der Waals surface area contributed by atoms with Crippen molar-refractivity contribution >= 4 is 22.9 Å². The molecule has 5 heteroatoms. The smallest absolute Gasteiger partial charge is 0.244 e. The number of carbonyl (C=O) groups excluding carboxylic acids is 1. The maximum atomic E-state index is 12.1. The number of ether oxygens (including phenoxy) is 1. The first-order chi connectivity index (χ1) is 13.8. The van der Waals surface area contributed by atoms with E-state index in [1.165, 1.54) is 0 Å². The standard InChI is InChI=1S/C23H23N3O2/c24-14-6-16-26-18-19(21-10-4-5-11-22(21)26)12-13-23(27)25-15-7-17-28-20-8-2-1-3-9-20/h1-5,8-13,18H,6-7,15-17H2,(H,25,27)/b13-12+. The highest BCUT2D eigenvalue weighted by Gasteiger charge is 2.06. The number of hydrogen-bond donors (Lipinski definition) is 1. The number of para-hydroxylation sites is 2. The van der Waals surface area contributed by atoms with Crippen molar-refractivity contribution in [1.82, 2.24) is 9.88 Å². The summed E-state index contributed by atoms with van der Waals surface area (Å²) < 4.78 is 7.66. The molecule has 0 unspecified atom stereocenters. The van der Waals surface area contributed by atoms with Crippen LogP contribution in [0.1, 0.15) is 18.4 Å². The molecular formula is C23H23N3O2. The van der Waals surface area contributed by atoms with E-state index in [0.717, 1.165) is 28.6 Å². The van der Waals surface area contributed by atoms with Crippen LogP contribution in [0.4, 0.5) is 0 Å². The molecule has 1 amide bonds. The van der Waals surface area contributed by atoms with E-state index in [0.29, 0.717) is 26.1 Å². The summed E-state index contributed by atoms with van der Waals surface area (Å²) in [5, 5.41) is 12.8. The lowest BCUT2D eigenvalue weighted by Crippen LogP contribution is -2.23. The Bertz CT molecular complexity index is 984. The third-order valence-corrected chi connectivity index (χ3v) is 4.33. The fourth-order valence-corrected chi connectivity index (χ4v) is 2.98. The lowest BCUT2D eigenvalue weighted by Gasteiger charge is -2.06. The number of benzene rings is 2. The topological polar surface area (TPSA) is 67.0 Å². The van der Waals surface area contributed by atoms with Crippen molar-refractivity contribution in [3.05, 3.63) is 72.4 Å². The van der Waals surface area contributed by atoms with Crippen LogP contribution in [0.2, 0.25) is 0 Å². The van der Waals surface area contributed by atoms with Crippen molar-refractivity contribution in [3.8, 4) is 11.8 Å². The van der Waals surface area contributed by atoms with Crippen LogP contribution >= 0.6 is 0 Å². The summed E-state index contributed by atoms with van der Waals surface area (Å²) in [6.07, 6.45) is 6.55. The van der Waals surface area contributed by atoms with Crippen molar-refractivity contribution in [2.24, 2.45) is 0 Å². The zero-order chi connectivity index (χ0) is 19.6. The van der Waals surface area contributed by atoms with Gasteiger partial charge in [0, 0.05) is 41.8 Å². The number of carbonyl (C=O) groups is 1. The largest absolute Gasteiger partial charge is 0.494 e. The normalized spacial score (nSPS) is 10.8. The molecule has 0 bridgehead atoms. The Kier molecular flexibility index (Phi) is 6.86. The monoisotopic (exact) mass is 373 g/mol. The van der Waals surface area contributed by atoms with Gasteiger partial charge in [0.15, 0.2) is 0 Å². The summed E-state index contributed by atoms with van der Waals surface area (Å²) in [5.41, 5.74) is 2.03. The van der Waals surface area contributed by atoms with Gasteiger partial charge in [0.05, 0.1) is 19.1 Å². The molecule has 0 aliphatic rings. The molecule has 0 atom stereocenters. The Hall–Kier alpha value is -3.52. The minimum atomic E-state index is -0.131. The van der Waals surface area contributed by atoms with Crippen molar-refractivity contribution in [3.63, 3.8) is 0 Å². The number of nitrogens with zero attached hydrogens (tertiary/aromatic N) is 2. The van der Waals surface area contributed by atoms with Gasteiger partial charge in [-0.25, -0.2) is 0 Å². The first-order valence-electron chi connectivity index (χ1n) is 9.36. The Morgan fingerprint density at radius 1 is 1.14 bits per heavy atom. The van der Waals surface area contributed by atoms with Crippen LogP contribution < -0.4 is 10.1 Å². The van der Waals surface area contributed by atoms with Crippen molar-refractivity contribution in [2.75, 3.05) is 13.2 Å². The Labute approximate surface area is 164 Å². The van der Waals surface area contributed by atoms with E-state index in [1.54, 1.807) is 6.08 Å². The predicted octanol–water partition coefficient (Wildman–Crippen LogP) is 4.15. The van der Waals surface area contributed by atoms with Crippen LogP contribution in [-0.2, 0) is 11.3 Å². The molecule has 3 aromatic rings. The molecule has 0 aliphatic heterocycles. The summed E-state index contributed by atoms with van der Waals surface area (Å²) in [4.78, 5) is 12.1. The molecule has 142 valence electrons. The predicted molar refractivity (Wildman–Crippen MR) is 111 cm³/mol. The van der Waals surface area contributed by atoms with E-state index in [4.69, 9.17) is 10.00 Å². The van der Waals surface area contributed by atoms with Gasteiger partial charge in [-0.05, 0) is 30.7 Å². The molecule has 1 heterocycles. The second-order valence-electron chi connectivity index (χ2n) is 6.34. The summed E-state index contributed by atoms with van der Waals surface area (Å²) >= 11 is 0. The van der Waals surface area contributed by atoms with Crippen LogP contribution in [-0.4, -0.2) is 23.6 Å². The quantitative estimate of drug-likeness (QED) is 0.452. The fourth-order valence-electron chi connectivity index (χ4n) is 2.98. The number of aromatic nitrogens is 1. The van der Waals surface area contributed by atoms with E-state index in [-0.39, 0.29) is 5.91 Å². The molecule has 2 aromatic carbocycles. The van der Waals surface area contributed by atoms with E-state index < -0.39 is 0 Å². The molecule has 0 saturated carbocycles. The highest BCUT2D eigenvalue weighted by Crippen LogP contribution is 2.22. The first-order valence-corrected chi connectivity index (χ1v) is 9.36. The van der Waals surface area contributed by atoms with Gasteiger partial charge in [-0.2, -0.15) is 5.26 Å². The average molecular weight is 373 g/mol. The lowest BCUT2D eigenvalue weighted by atomic mass is 10.1. The number of nitrogens with one attached hydrogen (secondary N) is 1.